The van der Waals surface area contributed by atoms with E-state index in [1.54, 1.807) is 7.11 Å². The van der Waals surface area contributed by atoms with Crippen LogP contribution in [-0.2, 0) is 10.3 Å². The molecule has 0 aliphatic rings. The molecule has 1 unspecified atom stereocenters. The lowest BCUT2D eigenvalue weighted by Crippen LogP contribution is -2.44. The number of methoxy groups -OCH3 is 1. The first-order chi connectivity index (χ1) is 8.57. The summed E-state index contributed by atoms with van der Waals surface area (Å²) in [5, 5.41) is 3.39. The van der Waals surface area contributed by atoms with Crippen molar-refractivity contribution in [3.05, 3.63) is 29.8 Å². The number of hydrogen-bond acceptors (Lipinski definition) is 3. The monoisotopic (exact) mass is 250 g/mol. The van der Waals surface area contributed by atoms with Crippen LogP contribution in [0.5, 0.6) is 5.75 Å². The molecule has 0 aliphatic carbocycles. The Hall–Kier alpha value is -1.55. The number of amides is 1. The van der Waals surface area contributed by atoms with Crippen LogP contribution >= 0.6 is 0 Å². The molecule has 4 nitrogen and oxygen atoms in total. The molecule has 18 heavy (non-hydrogen) atoms. The van der Waals surface area contributed by atoms with Crippen LogP contribution in [-0.4, -0.2) is 19.6 Å². The highest BCUT2D eigenvalue weighted by Crippen LogP contribution is 2.30. The van der Waals surface area contributed by atoms with Gasteiger partial charge in [0.2, 0.25) is 5.91 Å². The van der Waals surface area contributed by atoms with Gasteiger partial charge in [0.05, 0.1) is 12.6 Å². The molecule has 0 aromatic heterocycles. The molecule has 1 atom stereocenters. The lowest BCUT2D eigenvalue weighted by Gasteiger charge is -2.33. The van der Waals surface area contributed by atoms with Gasteiger partial charge in [-0.15, -0.1) is 0 Å². The highest BCUT2D eigenvalue weighted by atomic mass is 16.5. The fraction of sp³-hybridized carbons (Fsp3) is 0.500. The van der Waals surface area contributed by atoms with Gasteiger partial charge in [0.15, 0.2) is 0 Å². The number of carbonyl (C=O) groups excluding carboxylic acids is 1. The molecule has 0 saturated carbocycles. The lowest BCUT2D eigenvalue weighted by atomic mass is 9.83. The van der Waals surface area contributed by atoms with Gasteiger partial charge in [-0.1, -0.05) is 26.0 Å². The molecule has 1 aromatic carbocycles. The lowest BCUT2D eigenvalue weighted by molar-refractivity contribution is -0.119. The van der Waals surface area contributed by atoms with E-state index in [1.807, 2.05) is 31.2 Å². The van der Waals surface area contributed by atoms with Crippen molar-refractivity contribution in [2.24, 2.45) is 5.73 Å². The van der Waals surface area contributed by atoms with E-state index in [2.05, 4.69) is 12.2 Å². The maximum absolute atomic E-state index is 11.3. The quantitative estimate of drug-likeness (QED) is 0.775. The largest absolute Gasteiger partial charge is 0.497 e. The molecule has 1 amide bonds. The fourth-order valence-corrected chi connectivity index (χ4v) is 2.27. The van der Waals surface area contributed by atoms with E-state index in [0.29, 0.717) is 6.42 Å². The van der Waals surface area contributed by atoms with Crippen LogP contribution in [0.3, 0.4) is 0 Å². The van der Waals surface area contributed by atoms with Gasteiger partial charge < -0.3 is 15.8 Å². The summed E-state index contributed by atoms with van der Waals surface area (Å²) in [5.74, 6) is 0.507. The van der Waals surface area contributed by atoms with E-state index in [9.17, 15) is 4.79 Å². The Morgan fingerprint density at radius 3 is 2.33 bits per heavy atom. The van der Waals surface area contributed by atoms with Crippen molar-refractivity contribution >= 4 is 5.91 Å². The molecule has 0 radical (unpaired) electrons. The smallest absolute Gasteiger partial charge is 0.219 e. The fourth-order valence-electron chi connectivity index (χ4n) is 2.27. The van der Waals surface area contributed by atoms with Crippen LogP contribution in [0.1, 0.15) is 32.3 Å². The zero-order chi connectivity index (χ0) is 13.6. The Labute approximate surface area is 109 Å². The van der Waals surface area contributed by atoms with Gasteiger partial charge in [0, 0.05) is 6.42 Å². The minimum absolute atomic E-state index is 0.295. The normalized spacial score (nSPS) is 13.9. The predicted molar refractivity (Wildman–Crippen MR) is 72.5 cm³/mol. The summed E-state index contributed by atoms with van der Waals surface area (Å²) in [4.78, 5) is 11.3. The summed E-state index contributed by atoms with van der Waals surface area (Å²) < 4.78 is 5.14. The van der Waals surface area contributed by atoms with Gasteiger partial charge in [0.25, 0.3) is 0 Å². The zero-order valence-electron chi connectivity index (χ0n) is 11.3. The average Bonchev–Trinajstić information content (AvgIpc) is 2.37. The van der Waals surface area contributed by atoms with E-state index in [-0.39, 0.29) is 11.4 Å². The zero-order valence-corrected chi connectivity index (χ0v) is 11.3. The summed E-state index contributed by atoms with van der Waals surface area (Å²) in [6, 6.07) is 7.76. The standard InChI is InChI=1S/C14H22N2O2/c1-4-14(16-5-2,10-13(15)17)11-6-8-12(18-3)9-7-11/h6-9,16H,4-5,10H2,1-3H3,(H2,15,17). The van der Waals surface area contributed by atoms with E-state index >= 15 is 0 Å². The number of primary amides is 1. The molecule has 0 spiro atoms. The van der Waals surface area contributed by atoms with Crippen LogP contribution in [0, 0.1) is 0 Å². The average molecular weight is 250 g/mol. The Kier molecular flexibility index (Phi) is 5.16. The van der Waals surface area contributed by atoms with Crippen LogP contribution in [0.25, 0.3) is 0 Å². The Bertz CT molecular complexity index is 389. The first kappa shape index (κ1) is 14.5. The predicted octanol–water partition coefficient (Wildman–Crippen LogP) is 1.79. The summed E-state index contributed by atoms with van der Waals surface area (Å²) in [6.07, 6.45) is 1.10. The summed E-state index contributed by atoms with van der Waals surface area (Å²) in [5.41, 5.74) is 6.05. The molecular weight excluding hydrogens is 228 g/mol. The highest BCUT2D eigenvalue weighted by Gasteiger charge is 2.31. The maximum atomic E-state index is 11.3. The number of benzene rings is 1. The van der Waals surface area contributed by atoms with Crippen molar-refractivity contribution in [1.82, 2.24) is 5.32 Å². The Morgan fingerprint density at radius 1 is 1.33 bits per heavy atom. The molecule has 0 aliphatic heterocycles. The third kappa shape index (κ3) is 3.23. The second-order valence-corrected chi connectivity index (χ2v) is 4.34. The van der Waals surface area contributed by atoms with Crippen LogP contribution in [0.4, 0.5) is 0 Å². The summed E-state index contributed by atoms with van der Waals surface area (Å²) >= 11 is 0. The van der Waals surface area contributed by atoms with E-state index in [4.69, 9.17) is 10.5 Å². The van der Waals surface area contributed by atoms with Gasteiger partial charge in [-0.3, -0.25) is 4.79 Å². The van der Waals surface area contributed by atoms with Crippen molar-refractivity contribution in [2.75, 3.05) is 13.7 Å². The number of ether oxygens (including phenoxy) is 1. The number of nitrogens with one attached hydrogen (secondary N) is 1. The number of rotatable bonds is 7. The third-order valence-corrected chi connectivity index (χ3v) is 3.24. The topological polar surface area (TPSA) is 64.3 Å². The molecule has 1 aromatic rings. The van der Waals surface area contributed by atoms with Crippen LogP contribution in [0.2, 0.25) is 0 Å². The number of carbonyl (C=O) groups is 1. The summed E-state index contributed by atoms with van der Waals surface area (Å²) in [6.45, 7) is 4.86. The Balaban J connectivity index is 3.09. The van der Waals surface area contributed by atoms with Gasteiger partial charge in [-0.25, -0.2) is 0 Å². The van der Waals surface area contributed by atoms with Crippen LogP contribution < -0.4 is 15.8 Å². The summed E-state index contributed by atoms with van der Waals surface area (Å²) in [7, 11) is 1.63. The molecule has 4 heteroatoms. The van der Waals surface area contributed by atoms with Gasteiger partial charge in [0.1, 0.15) is 5.75 Å². The van der Waals surface area contributed by atoms with Gasteiger partial charge in [-0.05, 0) is 30.7 Å². The first-order valence-electron chi connectivity index (χ1n) is 6.25. The number of nitrogens with two attached hydrogens (primary N) is 1. The SMILES string of the molecule is CCNC(CC)(CC(N)=O)c1ccc(OC)cc1. The van der Waals surface area contributed by atoms with Crippen molar-refractivity contribution in [2.45, 2.75) is 32.2 Å². The third-order valence-electron chi connectivity index (χ3n) is 3.24. The second kappa shape index (κ2) is 6.40. The molecule has 0 bridgehead atoms. The molecule has 100 valence electrons. The number of hydrogen-bond donors (Lipinski definition) is 2. The Morgan fingerprint density at radius 2 is 1.94 bits per heavy atom. The molecule has 0 heterocycles. The minimum atomic E-state index is -0.382. The van der Waals surface area contributed by atoms with E-state index in [0.717, 1.165) is 24.3 Å². The highest BCUT2D eigenvalue weighted by molar-refractivity contribution is 5.75. The van der Waals surface area contributed by atoms with E-state index < -0.39 is 0 Å². The molecule has 0 fully saturated rings. The minimum Gasteiger partial charge on any atom is -0.497 e. The molecule has 3 N–H and O–H groups in total. The molecule has 1 rings (SSSR count). The van der Waals surface area contributed by atoms with Crippen LogP contribution in [0.15, 0.2) is 24.3 Å². The second-order valence-electron chi connectivity index (χ2n) is 4.34. The van der Waals surface area contributed by atoms with Crippen molar-refractivity contribution in [1.29, 1.82) is 0 Å². The van der Waals surface area contributed by atoms with Gasteiger partial charge >= 0.3 is 0 Å². The first-order valence-corrected chi connectivity index (χ1v) is 6.25. The van der Waals surface area contributed by atoms with Crippen molar-refractivity contribution in [3.8, 4) is 5.75 Å². The molecule has 0 saturated heterocycles. The van der Waals surface area contributed by atoms with Gasteiger partial charge in [-0.2, -0.15) is 0 Å². The van der Waals surface area contributed by atoms with E-state index in [1.165, 1.54) is 0 Å². The van der Waals surface area contributed by atoms with Crippen molar-refractivity contribution in [3.63, 3.8) is 0 Å². The maximum Gasteiger partial charge on any atom is 0.219 e. The van der Waals surface area contributed by atoms with Crippen molar-refractivity contribution < 1.29 is 9.53 Å². The molecular formula is C14H22N2O2.